The number of hydrogen-bond acceptors (Lipinski definition) is 5. The highest BCUT2D eigenvalue weighted by atomic mass is 16.7. The predicted molar refractivity (Wildman–Crippen MR) is 69.3 cm³/mol. The quantitative estimate of drug-likeness (QED) is 0.613. The van der Waals surface area contributed by atoms with Gasteiger partial charge in [0, 0.05) is 12.0 Å². The molecule has 98 valence electrons. The maximum Gasteiger partial charge on any atom is 0.564 e. The molecule has 0 atom stereocenters. The van der Waals surface area contributed by atoms with Crippen LogP contribution in [0.4, 0.5) is 4.79 Å². The molecule has 18 heavy (non-hydrogen) atoms. The van der Waals surface area contributed by atoms with Gasteiger partial charge in [-0.25, -0.2) is 4.79 Å². The molecule has 0 amide bonds. The van der Waals surface area contributed by atoms with Crippen LogP contribution in [0.1, 0.15) is 26.3 Å². The summed E-state index contributed by atoms with van der Waals surface area (Å²) in [5.74, 6) is 0. The average Bonchev–Trinajstić information content (AvgIpc) is 2.26. The number of nitrogens with two attached hydrogens (primary N) is 1. The van der Waals surface area contributed by atoms with Crippen molar-refractivity contribution in [3.8, 4) is 0 Å². The predicted octanol–water partition coefficient (Wildman–Crippen LogP) is 0.785. The molecule has 0 heterocycles. The Morgan fingerprint density at radius 3 is 2.56 bits per heavy atom. The molecular formula is C12H18BNO4. The van der Waals surface area contributed by atoms with Gasteiger partial charge in [-0.1, -0.05) is 24.3 Å². The molecule has 0 aromatic heterocycles. The van der Waals surface area contributed by atoms with Crippen molar-refractivity contribution in [2.75, 3.05) is 0 Å². The summed E-state index contributed by atoms with van der Waals surface area (Å²) in [5.41, 5.74) is 6.06. The number of carbonyl (C=O) groups is 1. The van der Waals surface area contributed by atoms with Gasteiger partial charge in [0.1, 0.15) is 5.60 Å². The molecule has 1 aromatic carbocycles. The fourth-order valence-electron chi connectivity index (χ4n) is 1.39. The van der Waals surface area contributed by atoms with E-state index in [1.807, 2.05) is 0 Å². The van der Waals surface area contributed by atoms with Gasteiger partial charge < -0.3 is 20.1 Å². The first-order valence-corrected chi connectivity index (χ1v) is 5.69. The van der Waals surface area contributed by atoms with Crippen molar-refractivity contribution < 1.29 is 19.2 Å². The maximum absolute atomic E-state index is 11.4. The van der Waals surface area contributed by atoms with Crippen LogP contribution in [0.3, 0.4) is 0 Å². The summed E-state index contributed by atoms with van der Waals surface area (Å²) >= 11 is 0. The van der Waals surface area contributed by atoms with Gasteiger partial charge in [-0.2, -0.15) is 0 Å². The minimum absolute atomic E-state index is 0.255. The van der Waals surface area contributed by atoms with Gasteiger partial charge in [0.05, 0.1) is 0 Å². The van der Waals surface area contributed by atoms with Crippen molar-refractivity contribution in [1.29, 1.82) is 0 Å². The maximum atomic E-state index is 11.4. The summed E-state index contributed by atoms with van der Waals surface area (Å²) in [6, 6.07) is 6.94. The van der Waals surface area contributed by atoms with Crippen molar-refractivity contribution in [1.82, 2.24) is 0 Å². The molecule has 3 N–H and O–H groups in total. The second-order valence-electron chi connectivity index (χ2n) is 4.84. The summed E-state index contributed by atoms with van der Waals surface area (Å²) in [6.07, 6.45) is -0.915. The van der Waals surface area contributed by atoms with E-state index in [2.05, 4.69) is 0 Å². The van der Waals surface area contributed by atoms with E-state index in [1.54, 1.807) is 45.0 Å². The van der Waals surface area contributed by atoms with Crippen LogP contribution in [0.2, 0.25) is 0 Å². The van der Waals surface area contributed by atoms with Crippen LogP contribution in [-0.4, -0.2) is 23.9 Å². The molecule has 0 aliphatic rings. The lowest BCUT2D eigenvalue weighted by molar-refractivity contribution is 0.0174. The fraction of sp³-hybridized carbons (Fsp3) is 0.417. The standard InChI is InChI=1S/C12H18BNO4/c1-12(2,3)17-11(15)18-13(16)10-7-5-4-6-9(10)8-14/h4-7,16H,8,14H2,1-3H3. The van der Waals surface area contributed by atoms with Crippen LogP contribution < -0.4 is 11.2 Å². The molecule has 0 saturated carbocycles. The lowest BCUT2D eigenvalue weighted by atomic mass is 9.76. The Bertz CT molecular complexity index is 417. The molecule has 0 saturated heterocycles. The smallest absolute Gasteiger partial charge is 0.473 e. The molecule has 0 bridgehead atoms. The highest BCUT2D eigenvalue weighted by Gasteiger charge is 2.27. The molecule has 1 aromatic rings. The average molecular weight is 251 g/mol. The summed E-state index contributed by atoms with van der Waals surface area (Å²) in [4.78, 5) is 11.4. The highest BCUT2D eigenvalue weighted by molar-refractivity contribution is 6.62. The molecule has 0 fully saturated rings. The first kappa shape index (κ1) is 14.5. The summed E-state index contributed by atoms with van der Waals surface area (Å²) < 4.78 is 9.74. The Kier molecular flexibility index (Phi) is 4.75. The minimum atomic E-state index is -1.38. The minimum Gasteiger partial charge on any atom is -0.473 e. The van der Waals surface area contributed by atoms with Crippen molar-refractivity contribution in [2.45, 2.75) is 32.9 Å². The first-order valence-electron chi connectivity index (χ1n) is 5.69. The van der Waals surface area contributed by atoms with Gasteiger partial charge in [-0.3, -0.25) is 0 Å². The third-order valence-corrected chi connectivity index (χ3v) is 2.14. The number of rotatable bonds is 3. The normalized spacial score (nSPS) is 10.9. The van der Waals surface area contributed by atoms with E-state index in [1.165, 1.54) is 0 Å². The molecule has 0 unspecified atom stereocenters. The number of carbonyl (C=O) groups excluding carboxylic acids is 1. The van der Waals surface area contributed by atoms with Gasteiger partial charge in [-0.15, -0.1) is 0 Å². The Labute approximate surface area is 107 Å². The molecule has 1 rings (SSSR count). The lowest BCUT2D eigenvalue weighted by Crippen LogP contribution is -2.40. The first-order chi connectivity index (χ1) is 8.33. The largest absolute Gasteiger partial charge is 0.564 e. The van der Waals surface area contributed by atoms with E-state index in [9.17, 15) is 9.82 Å². The van der Waals surface area contributed by atoms with Crippen LogP contribution in [0.15, 0.2) is 24.3 Å². The Morgan fingerprint density at radius 2 is 2.00 bits per heavy atom. The van der Waals surface area contributed by atoms with Crippen molar-refractivity contribution in [2.24, 2.45) is 5.73 Å². The van der Waals surface area contributed by atoms with Crippen LogP contribution in [0, 0.1) is 0 Å². The van der Waals surface area contributed by atoms with Crippen LogP contribution >= 0.6 is 0 Å². The van der Waals surface area contributed by atoms with Gasteiger partial charge >= 0.3 is 13.3 Å². The van der Waals surface area contributed by atoms with E-state index < -0.39 is 18.9 Å². The van der Waals surface area contributed by atoms with Gasteiger partial charge in [0.15, 0.2) is 0 Å². The third kappa shape index (κ3) is 4.39. The van der Waals surface area contributed by atoms with Crippen molar-refractivity contribution in [3.63, 3.8) is 0 Å². The third-order valence-electron chi connectivity index (χ3n) is 2.14. The topological polar surface area (TPSA) is 81.8 Å². The van der Waals surface area contributed by atoms with Gasteiger partial charge in [0.2, 0.25) is 0 Å². The van der Waals surface area contributed by atoms with Crippen molar-refractivity contribution >= 4 is 18.7 Å². The monoisotopic (exact) mass is 251 g/mol. The Morgan fingerprint density at radius 1 is 1.39 bits per heavy atom. The van der Waals surface area contributed by atoms with Crippen molar-refractivity contribution in [3.05, 3.63) is 29.8 Å². The Hall–Kier alpha value is -1.53. The van der Waals surface area contributed by atoms with E-state index in [-0.39, 0.29) is 6.54 Å². The van der Waals surface area contributed by atoms with Crippen LogP contribution in [0.25, 0.3) is 0 Å². The van der Waals surface area contributed by atoms with E-state index >= 15 is 0 Å². The highest BCUT2D eigenvalue weighted by Crippen LogP contribution is 2.08. The lowest BCUT2D eigenvalue weighted by Gasteiger charge is -2.20. The molecule has 5 nitrogen and oxygen atoms in total. The Balaban J connectivity index is 2.70. The summed E-state index contributed by atoms with van der Waals surface area (Å²) in [6.45, 7) is 5.41. The second-order valence-corrected chi connectivity index (χ2v) is 4.84. The fourth-order valence-corrected chi connectivity index (χ4v) is 1.39. The summed E-state index contributed by atoms with van der Waals surface area (Å²) in [7, 11) is -1.38. The van der Waals surface area contributed by atoms with E-state index in [4.69, 9.17) is 15.1 Å². The van der Waals surface area contributed by atoms with Gasteiger partial charge in [-0.05, 0) is 26.3 Å². The molecule has 0 spiro atoms. The number of hydrogen-bond donors (Lipinski definition) is 2. The molecule has 6 heteroatoms. The zero-order valence-corrected chi connectivity index (χ0v) is 10.8. The SMILES string of the molecule is CC(C)(C)OC(=O)OB(O)c1ccccc1CN. The molecular weight excluding hydrogens is 233 g/mol. The van der Waals surface area contributed by atoms with E-state index in [0.717, 1.165) is 0 Å². The van der Waals surface area contributed by atoms with Crippen LogP contribution in [-0.2, 0) is 15.9 Å². The van der Waals surface area contributed by atoms with Crippen LogP contribution in [0.5, 0.6) is 0 Å². The number of ether oxygens (including phenoxy) is 1. The zero-order valence-electron chi connectivity index (χ0n) is 10.8. The molecule has 0 radical (unpaired) electrons. The van der Waals surface area contributed by atoms with E-state index in [0.29, 0.717) is 11.0 Å². The zero-order chi connectivity index (χ0) is 13.8. The molecule has 0 aliphatic heterocycles. The van der Waals surface area contributed by atoms with Gasteiger partial charge in [0.25, 0.3) is 0 Å². The summed E-state index contributed by atoms with van der Waals surface area (Å²) in [5, 5.41) is 9.82. The second kappa shape index (κ2) is 5.88. The number of benzene rings is 1. The molecule has 0 aliphatic carbocycles.